The Labute approximate surface area is 146 Å². The number of hydrogen-bond acceptors (Lipinski definition) is 4. The molecule has 2 heterocycles. The molecule has 0 fully saturated rings. The van der Waals surface area contributed by atoms with Gasteiger partial charge >= 0.3 is 0 Å². The van der Waals surface area contributed by atoms with Crippen LogP contribution in [0.5, 0.6) is 0 Å². The lowest BCUT2D eigenvalue weighted by Crippen LogP contribution is -2.26. The number of para-hydroxylation sites is 1. The second kappa shape index (κ2) is 6.51. The third-order valence-corrected chi connectivity index (χ3v) is 4.29. The molecule has 0 aliphatic carbocycles. The van der Waals surface area contributed by atoms with Crippen molar-refractivity contribution in [2.24, 2.45) is 0 Å². The quantitative estimate of drug-likeness (QED) is 0.750. The fourth-order valence-electron chi connectivity index (χ4n) is 3.19. The molecule has 0 radical (unpaired) electrons. The van der Waals surface area contributed by atoms with E-state index in [1.165, 1.54) is 17.7 Å². The Kier molecular flexibility index (Phi) is 4.06. The van der Waals surface area contributed by atoms with E-state index in [-0.39, 0.29) is 5.82 Å². The number of hydrogen-bond donors (Lipinski definition) is 1. The molecule has 1 aromatic heterocycles. The van der Waals surface area contributed by atoms with E-state index in [1.54, 1.807) is 6.07 Å². The molecule has 1 aliphatic rings. The predicted octanol–water partition coefficient (Wildman–Crippen LogP) is 4.75. The van der Waals surface area contributed by atoms with Crippen LogP contribution >= 0.6 is 0 Å². The van der Waals surface area contributed by atoms with Crippen molar-refractivity contribution in [2.75, 3.05) is 16.8 Å². The maximum atomic E-state index is 13.4. The van der Waals surface area contributed by atoms with Crippen LogP contribution in [-0.2, 0) is 6.42 Å². The van der Waals surface area contributed by atoms with Crippen LogP contribution in [0.3, 0.4) is 0 Å². The standard InChI is InChI=1S/C20H19FN4/c1-14-12-19(23-17-9-4-8-16(21)13-17)24-20(22-14)25-11-5-7-15-6-2-3-10-18(15)25/h2-4,6,8-10,12-13H,5,7,11H2,1H3,(H,22,23,24). The second-order valence-corrected chi connectivity index (χ2v) is 6.21. The van der Waals surface area contributed by atoms with Crippen LogP contribution in [-0.4, -0.2) is 16.5 Å². The number of halogens is 1. The van der Waals surface area contributed by atoms with Crippen molar-refractivity contribution in [3.8, 4) is 0 Å². The molecule has 0 amide bonds. The summed E-state index contributed by atoms with van der Waals surface area (Å²) >= 11 is 0. The summed E-state index contributed by atoms with van der Waals surface area (Å²) in [4.78, 5) is 11.4. The zero-order valence-electron chi connectivity index (χ0n) is 14.0. The van der Waals surface area contributed by atoms with Gasteiger partial charge in [-0.1, -0.05) is 24.3 Å². The minimum atomic E-state index is -0.277. The first-order chi connectivity index (χ1) is 12.2. The summed E-state index contributed by atoms with van der Waals surface area (Å²) in [5.74, 6) is 1.06. The molecule has 2 aromatic carbocycles. The highest BCUT2D eigenvalue weighted by atomic mass is 19.1. The van der Waals surface area contributed by atoms with Crippen molar-refractivity contribution in [2.45, 2.75) is 19.8 Å². The van der Waals surface area contributed by atoms with Crippen molar-refractivity contribution in [1.29, 1.82) is 0 Å². The van der Waals surface area contributed by atoms with E-state index in [0.717, 1.165) is 30.8 Å². The molecule has 0 saturated carbocycles. The Hall–Kier alpha value is -2.95. The van der Waals surface area contributed by atoms with Gasteiger partial charge in [0.15, 0.2) is 0 Å². The number of aryl methyl sites for hydroxylation is 2. The Morgan fingerprint density at radius 1 is 1.04 bits per heavy atom. The molecule has 0 bridgehead atoms. The summed E-state index contributed by atoms with van der Waals surface area (Å²) in [6, 6.07) is 16.6. The summed E-state index contributed by atoms with van der Waals surface area (Å²) in [5.41, 5.74) is 4.02. The number of nitrogens with one attached hydrogen (secondary N) is 1. The van der Waals surface area contributed by atoms with E-state index in [4.69, 9.17) is 0 Å². The molecule has 5 heteroatoms. The van der Waals surface area contributed by atoms with Crippen LogP contribution in [0.1, 0.15) is 17.7 Å². The van der Waals surface area contributed by atoms with E-state index in [0.29, 0.717) is 17.5 Å². The summed E-state index contributed by atoms with van der Waals surface area (Å²) < 4.78 is 13.4. The van der Waals surface area contributed by atoms with Crippen molar-refractivity contribution >= 4 is 23.1 Å². The molecule has 0 spiro atoms. The smallest absolute Gasteiger partial charge is 0.232 e. The fraction of sp³-hybridized carbons (Fsp3) is 0.200. The predicted molar refractivity (Wildman–Crippen MR) is 98.2 cm³/mol. The second-order valence-electron chi connectivity index (χ2n) is 6.21. The molecular weight excluding hydrogens is 315 g/mol. The first-order valence-corrected chi connectivity index (χ1v) is 8.43. The highest BCUT2D eigenvalue weighted by Crippen LogP contribution is 2.32. The van der Waals surface area contributed by atoms with Gasteiger partial charge < -0.3 is 10.2 Å². The summed E-state index contributed by atoms with van der Waals surface area (Å²) in [5, 5.41) is 3.17. The molecule has 126 valence electrons. The topological polar surface area (TPSA) is 41.1 Å². The number of benzene rings is 2. The van der Waals surface area contributed by atoms with Crippen LogP contribution in [0.15, 0.2) is 54.6 Å². The fourth-order valence-corrected chi connectivity index (χ4v) is 3.19. The normalized spacial score (nSPS) is 13.4. The minimum Gasteiger partial charge on any atom is -0.340 e. The van der Waals surface area contributed by atoms with Gasteiger partial charge in [0.05, 0.1) is 0 Å². The van der Waals surface area contributed by atoms with Crippen LogP contribution < -0.4 is 10.2 Å². The van der Waals surface area contributed by atoms with Crippen molar-refractivity contribution in [1.82, 2.24) is 9.97 Å². The zero-order chi connectivity index (χ0) is 17.2. The van der Waals surface area contributed by atoms with Crippen LogP contribution in [0.2, 0.25) is 0 Å². The van der Waals surface area contributed by atoms with Gasteiger partial charge in [0.1, 0.15) is 11.6 Å². The molecule has 1 aliphatic heterocycles. The van der Waals surface area contributed by atoms with Crippen molar-refractivity contribution in [3.05, 3.63) is 71.7 Å². The van der Waals surface area contributed by atoms with E-state index in [1.807, 2.05) is 25.1 Å². The Balaban J connectivity index is 1.69. The molecule has 0 saturated heterocycles. The largest absolute Gasteiger partial charge is 0.340 e. The van der Waals surface area contributed by atoms with Gasteiger partial charge in [-0.25, -0.2) is 9.37 Å². The van der Waals surface area contributed by atoms with Crippen molar-refractivity contribution in [3.63, 3.8) is 0 Å². The monoisotopic (exact) mass is 334 g/mol. The number of fused-ring (bicyclic) bond motifs is 1. The Morgan fingerprint density at radius 2 is 1.92 bits per heavy atom. The molecule has 25 heavy (non-hydrogen) atoms. The summed E-state index contributed by atoms with van der Waals surface area (Å²) in [6.07, 6.45) is 2.15. The number of aromatic nitrogens is 2. The minimum absolute atomic E-state index is 0.277. The lowest BCUT2D eigenvalue weighted by molar-refractivity contribution is 0.628. The summed E-state index contributed by atoms with van der Waals surface area (Å²) in [7, 11) is 0. The molecule has 0 atom stereocenters. The maximum Gasteiger partial charge on any atom is 0.232 e. The van der Waals surface area contributed by atoms with Gasteiger partial charge in [0.2, 0.25) is 5.95 Å². The average Bonchev–Trinajstić information content (AvgIpc) is 2.61. The number of anilines is 4. The van der Waals surface area contributed by atoms with E-state index < -0.39 is 0 Å². The Bertz CT molecular complexity index is 910. The van der Waals surface area contributed by atoms with Gasteiger partial charge in [-0.3, -0.25) is 0 Å². The molecule has 3 aromatic rings. The molecule has 0 unspecified atom stereocenters. The van der Waals surface area contributed by atoms with Gasteiger partial charge in [-0.05, 0) is 49.6 Å². The first-order valence-electron chi connectivity index (χ1n) is 8.43. The first kappa shape index (κ1) is 15.6. The highest BCUT2D eigenvalue weighted by molar-refractivity contribution is 5.65. The van der Waals surface area contributed by atoms with Gasteiger partial charge in [-0.15, -0.1) is 0 Å². The third kappa shape index (κ3) is 3.31. The molecular formula is C20H19FN4. The van der Waals surface area contributed by atoms with Gasteiger partial charge in [0.25, 0.3) is 0 Å². The van der Waals surface area contributed by atoms with Gasteiger partial charge in [0, 0.05) is 29.7 Å². The molecule has 4 nitrogen and oxygen atoms in total. The van der Waals surface area contributed by atoms with Gasteiger partial charge in [-0.2, -0.15) is 4.98 Å². The van der Waals surface area contributed by atoms with Crippen LogP contribution in [0, 0.1) is 12.7 Å². The highest BCUT2D eigenvalue weighted by Gasteiger charge is 2.20. The molecule has 4 rings (SSSR count). The van der Waals surface area contributed by atoms with E-state index in [2.05, 4.69) is 38.4 Å². The SMILES string of the molecule is Cc1cc(Nc2cccc(F)c2)nc(N2CCCc3ccccc32)n1. The van der Waals surface area contributed by atoms with E-state index in [9.17, 15) is 4.39 Å². The van der Waals surface area contributed by atoms with E-state index >= 15 is 0 Å². The number of nitrogens with zero attached hydrogens (tertiary/aromatic N) is 3. The zero-order valence-corrected chi connectivity index (χ0v) is 14.0. The van der Waals surface area contributed by atoms with Crippen LogP contribution in [0.25, 0.3) is 0 Å². The average molecular weight is 334 g/mol. The Morgan fingerprint density at radius 3 is 2.80 bits per heavy atom. The van der Waals surface area contributed by atoms with Crippen molar-refractivity contribution < 1.29 is 4.39 Å². The lowest BCUT2D eigenvalue weighted by Gasteiger charge is -2.29. The number of rotatable bonds is 3. The van der Waals surface area contributed by atoms with Crippen LogP contribution in [0.4, 0.5) is 27.5 Å². The lowest BCUT2D eigenvalue weighted by atomic mass is 10.0. The third-order valence-electron chi connectivity index (χ3n) is 4.29. The maximum absolute atomic E-state index is 13.4. The summed E-state index contributed by atoms with van der Waals surface area (Å²) in [6.45, 7) is 2.83. The molecule has 1 N–H and O–H groups in total.